The number of rotatable bonds is 19. The fourth-order valence-corrected chi connectivity index (χ4v) is 6.30. The molecule has 0 bridgehead atoms. The van der Waals surface area contributed by atoms with Gasteiger partial charge in [-0.1, -0.05) is 78.9 Å². The Balaban J connectivity index is 0.961. The van der Waals surface area contributed by atoms with Crippen molar-refractivity contribution in [3.05, 3.63) is 119 Å². The Labute approximate surface area is 290 Å². The quantitative estimate of drug-likeness (QED) is 0.0468. The molecule has 0 unspecified atom stereocenters. The van der Waals surface area contributed by atoms with Gasteiger partial charge in [0.2, 0.25) is 0 Å². The van der Waals surface area contributed by atoms with Crippen molar-refractivity contribution in [1.82, 2.24) is 5.32 Å². The molecular weight excluding hydrogens is 637 g/mol. The average molecular weight is 682 g/mol. The van der Waals surface area contributed by atoms with Gasteiger partial charge in [0.05, 0.1) is 46.2 Å². The summed E-state index contributed by atoms with van der Waals surface area (Å²) in [4.78, 5) is 15.1. The van der Waals surface area contributed by atoms with Crippen LogP contribution in [-0.4, -0.2) is 58.6 Å². The first-order chi connectivity index (χ1) is 24.2. The highest BCUT2D eigenvalue weighted by atomic mass is 31.2. The van der Waals surface area contributed by atoms with E-state index in [-0.39, 0.29) is 12.1 Å². The van der Waals surface area contributed by atoms with E-state index in [1.165, 1.54) is 24.9 Å². The van der Waals surface area contributed by atoms with Crippen LogP contribution in [0.5, 0.6) is 0 Å². The van der Waals surface area contributed by atoms with Gasteiger partial charge in [-0.25, -0.2) is 0 Å². The summed E-state index contributed by atoms with van der Waals surface area (Å²) < 4.78 is 28.9. The number of piperidine rings is 1. The van der Waals surface area contributed by atoms with Crippen LogP contribution in [0, 0.1) is 11.3 Å². The fourth-order valence-electron chi connectivity index (χ4n) is 5.34. The molecule has 10 heteroatoms. The summed E-state index contributed by atoms with van der Waals surface area (Å²) in [7, 11) is -1.56. The minimum absolute atomic E-state index is 0.0491. The van der Waals surface area contributed by atoms with Gasteiger partial charge < -0.3 is 33.3 Å². The Hall–Kier alpha value is -4.13. The van der Waals surface area contributed by atoms with Crippen molar-refractivity contribution in [2.24, 2.45) is 0 Å². The summed E-state index contributed by atoms with van der Waals surface area (Å²) in [6.07, 6.45) is 5.39. The number of benzene rings is 4. The molecule has 1 N–H and O–H groups in total. The lowest BCUT2D eigenvalue weighted by Gasteiger charge is -2.29. The van der Waals surface area contributed by atoms with E-state index in [2.05, 4.69) is 28.4 Å². The fraction of sp³-hybridized carbons (Fsp3) is 0.333. The molecule has 1 saturated heterocycles. The zero-order valence-electron chi connectivity index (χ0n) is 27.8. The van der Waals surface area contributed by atoms with Crippen LogP contribution in [0.1, 0.15) is 36.0 Å². The van der Waals surface area contributed by atoms with Gasteiger partial charge in [-0.05, 0) is 71.0 Å². The van der Waals surface area contributed by atoms with Gasteiger partial charge in [0, 0.05) is 25.3 Å². The van der Waals surface area contributed by atoms with E-state index < -0.39 is 14.5 Å². The Morgan fingerprint density at radius 2 is 1.35 bits per heavy atom. The van der Waals surface area contributed by atoms with Crippen LogP contribution in [0.4, 0.5) is 5.69 Å². The number of nitrogens with zero attached hydrogens (tertiary/aromatic N) is 2. The number of hydrogen-bond acceptors (Lipinski definition) is 8. The number of ether oxygens (including phenoxy) is 2. The third kappa shape index (κ3) is 12.4. The summed E-state index contributed by atoms with van der Waals surface area (Å²) in [6, 6.07) is 34.3. The molecule has 0 aromatic heterocycles. The van der Waals surface area contributed by atoms with E-state index in [1.807, 2.05) is 84.9 Å². The zero-order chi connectivity index (χ0) is 33.9. The van der Waals surface area contributed by atoms with E-state index >= 15 is 0 Å². The minimum Gasteiger partial charge on any atom is -0.377 e. The van der Waals surface area contributed by atoms with Crippen LogP contribution < -0.4 is 10.2 Å². The minimum atomic E-state index is -1.56. The number of fused-ring (bicyclic) bond motifs is 1. The topological polar surface area (TPSA) is 102 Å². The molecule has 4 aromatic carbocycles. The number of nitriles is 1. The Morgan fingerprint density at radius 1 is 0.735 bits per heavy atom. The molecular formula is C39H44N3O6P. The molecule has 1 fully saturated rings. The summed E-state index contributed by atoms with van der Waals surface area (Å²) >= 11 is 0. The molecule has 0 spiro atoms. The second-order valence-electron chi connectivity index (χ2n) is 11.6. The van der Waals surface area contributed by atoms with Crippen LogP contribution in [0.25, 0.3) is 16.8 Å². The number of anilines is 1. The first-order valence-corrected chi connectivity index (χ1v) is 17.9. The van der Waals surface area contributed by atoms with Gasteiger partial charge in [-0.15, -0.1) is 0 Å². The molecule has 1 aliphatic heterocycles. The highest BCUT2D eigenvalue weighted by Crippen LogP contribution is 2.41. The van der Waals surface area contributed by atoms with Crippen LogP contribution in [0.15, 0.2) is 103 Å². The average Bonchev–Trinajstić information content (AvgIpc) is 3.16. The summed E-state index contributed by atoms with van der Waals surface area (Å²) in [5.41, 5.74) is 4.18. The number of carbonyl (C=O) groups is 1. The summed E-state index contributed by atoms with van der Waals surface area (Å²) in [5.74, 6) is -0.430. The van der Waals surface area contributed by atoms with Crippen molar-refractivity contribution in [3.8, 4) is 6.07 Å². The molecule has 0 saturated carbocycles. The summed E-state index contributed by atoms with van der Waals surface area (Å²) in [6.45, 7) is 4.95. The van der Waals surface area contributed by atoms with Crippen LogP contribution in [0.2, 0.25) is 0 Å². The number of hydrogen-bond donors (Lipinski definition) is 1. The van der Waals surface area contributed by atoms with Crippen LogP contribution >= 0.6 is 8.60 Å². The van der Waals surface area contributed by atoms with Gasteiger partial charge in [0.25, 0.3) is 5.91 Å². The van der Waals surface area contributed by atoms with Crippen molar-refractivity contribution in [2.45, 2.75) is 32.5 Å². The van der Waals surface area contributed by atoms with Gasteiger partial charge >= 0.3 is 8.60 Å². The number of nitrogens with one attached hydrogen (secondary N) is 1. The second-order valence-corrected chi connectivity index (χ2v) is 12.8. The van der Waals surface area contributed by atoms with E-state index in [0.29, 0.717) is 46.2 Å². The Morgan fingerprint density at radius 3 is 2.02 bits per heavy atom. The smallest absolute Gasteiger partial charge is 0.333 e. The maximum Gasteiger partial charge on any atom is 0.333 e. The van der Waals surface area contributed by atoms with Crippen molar-refractivity contribution >= 4 is 37.0 Å². The molecule has 0 radical (unpaired) electrons. The van der Waals surface area contributed by atoms with Gasteiger partial charge in [-0.2, -0.15) is 5.26 Å². The zero-order valence-corrected chi connectivity index (χ0v) is 28.7. The predicted octanol–water partition coefficient (Wildman–Crippen LogP) is 7.56. The predicted molar refractivity (Wildman–Crippen MR) is 194 cm³/mol. The lowest BCUT2D eigenvalue weighted by atomic mass is 10.0. The van der Waals surface area contributed by atoms with Crippen LogP contribution in [0.3, 0.4) is 0 Å². The van der Waals surface area contributed by atoms with E-state index in [4.69, 9.17) is 23.0 Å². The maximum atomic E-state index is 12.7. The van der Waals surface area contributed by atoms with Crippen molar-refractivity contribution in [3.63, 3.8) is 0 Å². The molecule has 1 amide bonds. The molecule has 1 aliphatic rings. The molecule has 0 atom stereocenters. The van der Waals surface area contributed by atoms with Gasteiger partial charge in [-0.3, -0.25) is 4.79 Å². The highest BCUT2D eigenvalue weighted by molar-refractivity contribution is 7.41. The third-order valence-corrected chi connectivity index (χ3v) is 9.01. The molecule has 49 heavy (non-hydrogen) atoms. The van der Waals surface area contributed by atoms with E-state index in [1.54, 1.807) is 6.08 Å². The summed E-state index contributed by atoms with van der Waals surface area (Å²) in [5, 5.41) is 14.6. The largest absolute Gasteiger partial charge is 0.377 e. The van der Waals surface area contributed by atoms with Gasteiger partial charge in [0.15, 0.2) is 0 Å². The van der Waals surface area contributed by atoms with Crippen molar-refractivity contribution in [2.75, 3.05) is 57.6 Å². The Bertz CT molecular complexity index is 1610. The molecule has 0 aliphatic carbocycles. The molecule has 9 nitrogen and oxygen atoms in total. The highest BCUT2D eigenvalue weighted by Gasteiger charge is 2.14. The standard InChI is InChI=1S/C39H44N3O6P/c40-29-37(27-34-14-15-36-28-38(17-16-35(36)26-34)42-19-8-3-9-20-42)39(43)41-18-21-44-22-23-45-24-25-46-49(47-30-32-10-4-1-5-11-32)48-31-33-12-6-2-7-13-33/h1-2,4-7,10-17,26-28H,3,8-9,18-25,30-31H2,(H,41,43)/b37-27+. The molecule has 5 rings (SSSR count). The number of amides is 1. The van der Waals surface area contributed by atoms with E-state index in [0.717, 1.165) is 40.6 Å². The SMILES string of the molecule is N#C/C(=C\c1ccc2cc(N3CCCCC3)ccc2c1)C(=O)NCCOCCOCCOP(OCc1ccccc1)OCc1ccccc1. The van der Waals surface area contributed by atoms with Crippen molar-refractivity contribution < 1.29 is 27.8 Å². The maximum absolute atomic E-state index is 12.7. The van der Waals surface area contributed by atoms with Crippen molar-refractivity contribution in [1.29, 1.82) is 5.26 Å². The van der Waals surface area contributed by atoms with Crippen LogP contribution in [-0.2, 0) is 41.1 Å². The Kier molecular flexibility index (Phi) is 15.1. The normalized spacial score (nSPS) is 13.5. The lowest BCUT2D eigenvalue weighted by molar-refractivity contribution is -0.117. The third-order valence-electron chi connectivity index (χ3n) is 7.93. The number of carbonyl (C=O) groups excluding carboxylic acids is 1. The first kappa shape index (κ1) is 36.2. The monoisotopic (exact) mass is 681 g/mol. The first-order valence-electron chi connectivity index (χ1n) is 16.8. The molecule has 1 heterocycles. The molecule has 4 aromatic rings. The second kappa shape index (κ2) is 20.4. The lowest BCUT2D eigenvalue weighted by Crippen LogP contribution is -2.29. The van der Waals surface area contributed by atoms with Gasteiger partial charge in [0.1, 0.15) is 11.6 Å². The van der Waals surface area contributed by atoms with E-state index in [9.17, 15) is 10.1 Å². The molecule has 256 valence electrons.